The molecule has 1 heterocycles. The number of sulfonamides is 1. The van der Waals surface area contributed by atoms with E-state index in [9.17, 15) is 13.2 Å². The lowest BCUT2D eigenvalue weighted by atomic mass is 10.0. The van der Waals surface area contributed by atoms with E-state index in [4.69, 9.17) is 0 Å². The van der Waals surface area contributed by atoms with Crippen LogP contribution in [0.3, 0.4) is 0 Å². The monoisotopic (exact) mass is 508 g/mol. The molecule has 0 bridgehead atoms. The zero-order valence-electron chi connectivity index (χ0n) is 19.9. The van der Waals surface area contributed by atoms with Crippen LogP contribution in [-0.4, -0.2) is 53.7 Å². The topological polar surface area (TPSA) is 57.7 Å². The molecule has 2 atom stereocenters. The number of hydrogen-bond acceptors (Lipinski definition) is 4. The number of hydrogen-bond donors (Lipinski definition) is 1. The predicted octanol–water partition coefficient (Wildman–Crippen LogP) is 4.20. The lowest BCUT2D eigenvalue weighted by Crippen LogP contribution is -2.49. The minimum absolute atomic E-state index is 0.182. The molecule has 5 nitrogen and oxygen atoms in total. The van der Waals surface area contributed by atoms with Crippen LogP contribution in [0.1, 0.15) is 23.1 Å². The molecule has 7 heteroatoms. The van der Waals surface area contributed by atoms with E-state index < -0.39 is 21.3 Å². The van der Waals surface area contributed by atoms with Crippen molar-refractivity contribution in [1.82, 2.24) is 9.21 Å². The van der Waals surface area contributed by atoms with E-state index in [0.717, 1.165) is 16.7 Å². The quantitative estimate of drug-likeness (QED) is 0.441. The first kappa shape index (κ1) is 25.5. The highest BCUT2D eigenvalue weighted by Crippen LogP contribution is 2.30. The van der Waals surface area contributed by atoms with E-state index >= 15 is 0 Å². The maximum Gasteiger partial charge on any atom is 0.241 e. The van der Waals surface area contributed by atoms with Crippen LogP contribution in [-0.2, 0) is 34.2 Å². The van der Waals surface area contributed by atoms with Gasteiger partial charge in [-0.15, -0.1) is 0 Å². The molecule has 3 aromatic rings. The van der Waals surface area contributed by atoms with Crippen LogP contribution in [0.25, 0.3) is 0 Å². The smallest absolute Gasteiger partial charge is 0.241 e. The second-order valence-electron chi connectivity index (χ2n) is 9.20. The van der Waals surface area contributed by atoms with Crippen LogP contribution in [0.4, 0.5) is 0 Å². The number of benzene rings is 3. The van der Waals surface area contributed by atoms with Gasteiger partial charge >= 0.3 is 0 Å². The second kappa shape index (κ2) is 11.4. The summed E-state index contributed by atoms with van der Waals surface area (Å²) in [6, 6.07) is 28.3. The highest BCUT2D eigenvalue weighted by atomic mass is 32.2. The Morgan fingerprint density at radius 1 is 0.886 bits per heavy atom. The molecule has 0 saturated carbocycles. The average Bonchev–Trinajstić information content (AvgIpc) is 3.27. The van der Waals surface area contributed by atoms with Gasteiger partial charge in [-0.3, -0.25) is 4.79 Å². The molecule has 2 unspecified atom stereocenters. The highest BCUT2D eigenvalue weighted by molar-refractivity contribution is 7.89. The van der Waals surface area contributed by atoms with Crippen LogP contribution in [0.5, 0.6) is 0 Å². The number of amides is 1. The van der Waals surface area contributed by atoms with Crippen molar-refractivity contribution < 1.29 is 13.2 Å². The summed E-state index contributed by atoms with van der Waals surface area (Å²) < 4.78 is 29.6. The molecule has 0 aliphatic carbocycles. The minimum Gasteiger partial charge on any atom is -0.340 e. The molecule has 1 fully saturated rings. The van der Waals surface area contributed by atoms with Crippen molar-refractivity contribution in [2.75, 3.05) is 13.6 Å². The molecule has 1 aliphatic heterocycles. The maximum absolute atomic E-state index is 14.1. The lowest BCUT2D eigenvalue weighted by molar-refractivity contribution is -0.133. The van der Waals surface area contributed by atoms with E-state index in [0.29, 0.717) is 25.8 Å². The van der Waals surface area contributed by atoms with Crippen molar-refractivity contribution in [2.24, 2.45) is 0 Å². The maximum atomic E-state index is 14.1. The Labute approximate surface area is 214 Å². The van der Waals surface area contributed by atoms with Gasteiger partial charge in [0.05, 0.1) is 5.25 Å². The fourth-order valence-electron chi connectivity index (χ4n) is 4.71. The Kier molecular flexibility index (Phi) is 8.31. The zero-order valence-corrected chi connectivity index (χ0v) is 21.6. The summed E-state index contributed by atoms with van der Waals surface area (Å²) in [5.74, 6) is -0.188. The van der Waals surface area contributed by atoms with E-state index in [2.05, 4.69) is 12.6 Å². The molecular weight excluding hydrogens is 476 g/mol. The predicted molar refractivity (Wildman–Crippen MR) is 144 cm³/mol. The van der Waals surface area contributed by atoms with Gasteiger partial charge in [0, 0.05) is 25.4 Å². The van der Waals surface area contributed by atoms with Gasteiger partial charge in [-0.05, 0) is 36.0 Å². The van der Waals surface area contributed by atoms with Gasteiger partial charge in [-0.25, -0.2) is 8.42 Å². The third-order valence-electron chi connectivity index (χ3n) is 6.52. The standard InChI is InChI=1S/C28H32N2O3S2/c1-29(20-24-15-9-4-10-16-24)28(31)27-19-25(34)21-30(27)35(32,33)26(17-22-11-5-2-6-12-22)18-23-13-7-3-8-14-23/h2-16,25-27,34H,17-21H2,1H3. The lowest BCUT2D eigenvalue weighted by Gasteiger charge is -2.31. The summed E-state index contributed by atoms with van der Waals surface area (Å²) >= 11 is 4.60. The van der Waals surface area contributed by atoms with E-state index in [-0.39, 0.29) is 17.7 Å². The second-order valence-corrected chi connectivity index (χ2v) is 12.1. The van der Waals surface area contributed by atoms with Gasteiger partial charge in [0.2, 0.25) is 15.9 Å². The molecule has 0 radical (unpaired) electrons. The van der Waals surface area contributed by atoms with Gasteiger partial charge in [-0.2, -0.15) is 16.9 Å². The molecule has 0 N–H and O–H groups in total. The van der Waals surface area contributed by atoms with Gasteiger partial charge in [0.1, 0.15) is 6.04 Å². The van der Waals surface area contributed by atoms with Crippen LogP contribution in [0.2, 0.25) is 0 Å². The molecule has 1 aliphatic rings. The normalized spacial score (nSPS) is 18.6. The highest BCUT2D eigenvalue weighted by Gasteiger charge is 2.46. The number of nitrogens with zero attached hydrogens (tertiary/aromatic N) is 2. The Morgan fingerprint density at radius 3 is 1.83 bits per heavy atom. The van der Waals surface area contributed by atoms with E-state index in [1.54, 1.807) is 11.9 Å². The third-order valence-corrected chi connectivity index (χ3v) is 9.13. The molecule has 1 saturated heterocycles. The summed E-state index contributed by atoms with van der Waals surface area (Å²) in [4.78, 5) is 15.1. The Balaban J connectivity index is 1.60. The minimum atomic E-state index is -3.79. The largest absolute Gasteiger partial charge is 0.340 e. The molecular formula is C28H32N2O3S2. The van der Waals surface area contributed by atoms with Crippen molar-refractivity contribution >= 4 is 28.6 Å². The SMILES string of the molecule is CN(Cc1ccccc1)C(=O)C1CC(S)CN1S(=O)(=O)C(Cc1ccccc1)Cc1ccccc1. The number of carbonyl (C=O) groups excluding carboxylic acids is 1. The van der Waals surface area contributed by atoms with E-state index in [1.807, 2.05) is 91.0 Å². The number of likely N-dealkylation sites (N-methyl/N-ethyl adjacent to an activating group) is 1. The van der Waals surface area contributed by atoms with Gasteiger partial charge in [0.15, 0.2) is 0 Å². The number of carbonyl (C=O) groups is 1. The van der Waals surface area contributed by atoms with Crippen molar-refractivity contribution in [2.45, 2.75) is 42.3 Å². The number of thiol groups is 1. The summed E-state index contributed by atoms with van der Waals surface area (Å²) in [6.07, 6.45) is 1.17. The first-order valence-electron chi connectivity index (χ1n) is 11.9. The fraction of sp³-hybridized carbons (Fsp3) is 0.321. The Morgan fingerprint density at radius 2 is 1.34 bits per heavy atom. The first-order valence-corrected chi connectivity index (χ1v) is 13.9. The summed E-state index contributed by atoms with van der Waals surface area (Å²) in [5, 5.41) is -0.862. The van der Waals surface area contributed by atoms with Crippen molar-refractivity contribution in [3.63, 3.8) is 0 Å². The van der Waals surface area contributed by atoms with Gasteiger partial charge in [-0.1, -0.05) is 91.0 Å². The molecule has 4 rings (SSSR count). The van der Waals surface area contributed by atoms with Crippen molar-refractivity contribution in [1.29, 1.82) is 0 Å². The Bertz CT molecular complexity index is 1160. The van der Waals surface area contributed by atoms with Crippen molar-refractivity contribution in [3.05, 3.63) is 108 Å². The van der Waals surface area contributed by atoms with Crippen LogP contribution >= 0.6 is 12.6 Å². The average molecular weight is 509 g/mol. The van der Waals surface area contributed by atoms with Crippen LogP contribution < -0.4 is 0 Å². The van der Waals surface area contributed by atoms with Gasteiger partial charge in [0.25, 0.3) is 0 Å². The molecule has 3 aromatic carbocycles. The molecule has 184 valence electrons. The molecule has 35 heavy (non-hydrogen) atoms. The molecule has 1 amide bonds. The first-order chi connectivity index (χ1) is 16.8. The van der Waals surface area contributed by atoms with Crippen LogP contribution in [0.15, 0.2) is 91.0 Å². The van der Waals surface area contributed by atoms with E-state index in [1.165, 1.54) is 4.31 Å². The number of rotatable bonds is 9. The van der Waals surface area contributed by atoms with Gasteiger partial charge < -0.3 is 4.90 Å². The third kappa shape index (κ3) is 6.34. The summed E-state index contributed by atoms with van der Waals surface area (Å²) in [7, 11) is -2.06. The zero-order chi connectivity index (χ0) is 24.8. The molecule has 0 aromatic heterocycles. The fourth-order valence-corrected chi connectivity index (χ4v) is 7.30. The Hall–Kier alpha value is -2.61. The summed E-state index contributed by atoms with van der Waals surface area (Å²) in [5.41, 5.74) is 2.93. The molecule has 0 spiro atoms. The van der Waals surface area contributed by atoms with Crippen molar-refractivity contribution in [3.8, 4) is 0 Å². The van der Waals surface area contributed by atoms with Crippen LogP contribution in [0, 0.1) is 0 Å². The summed E-state index contributed by atoms with van der Waals surface area (Å²) in [6.45, 7) is 0.667.